The molecule has 1 fully saturated rings. The molecule has 1 atom stereocenters. The van der Waals surface area contributed by atoms with Gasteiger partial charge in [0, 0.05) is 31.1 Å². The number of unbranched alkanes of at least 4 members (excludes halogenated alkanes) is 1. The molecule has 0 saturated carbocycles. The molecule has 0 aliphatic carbocycles. The van der Waals surface area contributed by atoms with Gasteiger partial charge in [-0.15, -0.1) is 13.2 Å². The van der Waals surface area contributed by atoms with Crippen LogP contribution in [0.1, 0.15) is 39.5 Å². The standard InChI is InChI=1S/C20H26F3N3O3/c1-3-5-11-24-15(4-2)13-26-12-10-18(14-26)28-19(27)25-16-6-8-17(9-7-16)29-20(21,22)23/h6-9,11,13,18H,3-5,10,12,14H2,1-2H3,(H,25,27). The minimum atomic E-state index is -4.75. The zero-order valence-corrected chi connectivity index (χ0v) is 16.5. The van der Waals surface area contributed by atoms with E-state index in [1.165, 1.54) is 12.1 Å². The van der Waals surface area contributed by atoms with Gasteiger partial charge in [-0.3, -0.25) is 10.3 Å². The minimum absolute atomic E-state index is 0.267. The van der Waals surface area contributed by atoms with Gasteiger partial charge in [-0.2, -0.15) is 0 Å². The first-order chi connectivity index (χ1) is 13.8. The normalized spacial score (nSPS) is 17.6. The van der Waals surface area contributed by atoms with Crippen molar-refractivity contribution < 1.29 is 27.4 Å². The Balaban J connectivity index is 1.81. The van der Waals surface area contributed by atoms with Crippen molar-refractivity contribution >= 4 is 18.0 Å². The highest BCUT2D eigenvalue weighted by Crippen LogP contribution is 2.24. The van der Waals surface area contributed by atoms with E-state index in [2.05, 4.69) is 26.9 Å². The number of aliphatic imine (C=N–C) groups is 1. The third kappa shape index (κ3) is 8.45. The van der Waals surface area contributed by atoms with E-state index in [0.29, 0.717) is 18.7 Å². The Hall–Kier alpha value is -2.71. The number of amides is 1. The van der Waals surface area contributed by atoms with Crippen LogP contribution in [0.15, 0.2) is 41.2 Å². The van der Waals surface area contributed by atoms with Crippen LogP contribution in [0, 0.1) is 0 Å². The molecule has 2 rings (SSSR count). The van der Waals surface area contributed by atoms with E-state index >= 15 is 0 Å². The van der Waals surface area contributed by atoms with Crippen LogP contribution in [-0.4, -0.2) is 42.8 Å². The first kappa shape index (κ1) is 22.6. The number of nitrogens with zero attached hydrogens (tertiary/aromatic N) is 2. The number of hydrogen-bond acceptors (Lipinski definition) is 5. The molecule has 0 radical (unpaired) electrons. The maximum atomic E-state index is 12.2. The monoisotopic (exact) mass is 413 g/mol. The van der Waals surface area contributed by atoms with Crippen LogP contribution in [0.5, 0.6) is 5.75 Å². The van der Waals surface area contributed by atoms with Crippen LogP contribution in [-0.2, 0) is 4.74 Å². The SMILES string of the molecule is CCCC=NC(=CN1CCC(OC(=O)Nc2ccc(OC(F)(F)F)cc2)C1)CC. The minimum Gasteiger partial charge on any atom is -0.444 e. The van der Waals surface area contributed by atoms with E-state index in [1.54, 1.807) is 0 Å². The first-order valence-electron chi connectivity index (χ1n) is 9.59. The molecule has 6 nitrogen and oxygen atoms in total. The number of carbonyl (C=O) groups is 1. The van der Waals surface area contributed by atoms with Crippen molar-refractivity contribution in [1.29, 1.82) is 0 Å². The lowest BCUT2D eigenvalue weighted by Gasteiger charge is -2.15. The van der Waals surface area contributed by atoms with E-state index in [9.17, 15) is 18.0 Å². The highest BCUT2D eigenvalue weighted by atomic mass is 19.4. The number of ether oxygens (including phenoxy) is 2. The number of halogens is 3. The molecule has 1 aromatic carbocycles. The van der Waals surface area contributed by atoms with E-state index < -0.39 is 12.5 Å². The predicted octanol–water partition coefficient (Wildman–Crippen LogP) is 5.33. The quantitative estimate of drug-likeness (QED) is 0.585. The molecular weight excluding hydrogens is 387 g/mol. The van der Waals surface area contributed by atoms with E-state index in [0.717, 1.165) is 43.6 Å². The maximum Gasteiger partial charge on any atom is 0.573 e. The van der Waals surface area contributed by atoms with Crippen LogP contribution in [0.25, 0.3) is 0 Å². The topological polar surface area (TPSA) is 63.2 Å². The van der Waals surface area contributed by atoms with Crippen molar-refractivity contribution in [3.8, 4) is 5.75 Å². The Morgan fingerprint density at radius 2 is 2.03 bits per heavy atom. The van der Waals surface area contributed by atoms with Crippen LogP contribution in [0.4, 0.5) is 23.7 Å². The second-order valence-corrected chi connectivity index (χ2v) is 6.58. The summed E-state index contributed by atoms with van der Waals surface area (Å²) < 4.78 is 45.7. The van der Waals surface area contributed by atoms with Crippen molar-refractivity contribution in [3.05, 3.63) is 36.2 Å². The Morgan fingerprint density at radius 1 is 1.31 bits per heavy atom. The third-order valence-electron chi connectivity index (χ3n) is 4.15. The summed E-state index contributed by atoms with van der Waals surface area (Å²) in [5.41, 5.74) is 1.29. The fraction of sp³-hybridized carbons (Fsp3) is 0.500. The van der Waals surface area contributed by atoms with Crippen molar-refractivity contribution in [2.75, 3.05) is 18.4 Å². The number of allylic oxidation sites excluding steroid dienone is 1. The summed E-state index contributed by atoms with van der Waals surface area (Å²) in [6.45, 7) is 5.46. The molecule has 1 aromatic rings. The second kappa shape index (κ2) is 10.7. The molecule has 0 aromatic heterocycles. The first-order valence-corrected chi connectivity index (χ1v) is 9.59. The lowest BCUT2D eigenvalue weighted by molar-refractivity contribution is -0.274. The van der Waals surface area contributed by atoms with Crippen LogP contribution in [0.3, 0.4) is 0 Å². The summed E-state index contributed by atoms with van der Waals surface area (Å²) in [6.07, 6.45) is 1.73. The molecule has 1 aliphatic rings. The number of nitrogens with one attached hydrogen (secondary N) is 1. The zero-order chi connectivity index (χ0) is 21.3. The summed E-state index contributed by atoms with van der Waals surface area (Å²) in [6, 6.07) is 4.87. The van der Waals surface area contributed by atoms with E-state index in [-0.39, 0.29) is 11.9 Å². The summed E-state index contributed by atoms with van der Waals surface area (Å²) in [5.74, 6) is -0.358. The van der Waals surface area contributed by atoms with Gasteiger partial charge in [0.2, 0.25) is 0 Å². The molecule has 9 heteroatoms. The molecular formula is C20H26F3N3O3. The van der Waals surface area contributed by atoms with Crippen molar-refractivity contribution in [2.24, 2.45) is 4.99 Å². The number of likely N-dealkylation sites (tertiary alicyclic amines) is 1. The zero-order valence-electron chi connectivity index (χ0n) is 16.5. The Labute approximate surface area is 168 Å². The van der Waals surface area contributed by atoms with Gasteiger partial charge >= 0.3 is 12.5 Å². The lowest BCUT2D eigenvalue weighted by Crippen LogP contribution is -2.25. The third-order valence-corrected chi connectivity index (χ3v) is 4.15. The number of rotatable bonds is 8. The van der Waals surface area contributed by atoms with Gasteiger partial charge in [0.1, 0.15) is 11.9 Å². The van der Waals surface area contributed by atoms with Crippen LogP contribution in [0.2, 0.25) is 0 Å². The number of hydrogen-bond donors (Lipinski definition) is 1. The molecule has 29 heavy (non-hydrogen) atoms. The van der Waals surface area contributed by atoms with Gasteiger partial charge in [-0.05, 0) is 37.1 Å². The van der Waals surface area contributed by atoms with Crippen molar-refractivity contribution in [2.45, 2.75) is 52.0 Å². The molecule has 160 valence electrons. The molecule has 1 unspecified atom stereocenters. The summed E-state index contributed by atoms with van der Waals surface area (Å²) in [7, 11) is 0. The average Bonchev–Trinajstić information content (AvgIpc) is 3.08. The predicted molar refractivity (Wildman–Crippen MR) is 105 cm³/mol. The smallest absolute Gasteiger partial charge is 0.444 e. The molecule has 1 N–H and O–H groups in total. The number of benzene rings is 1. The molecule has 1 heterocycles. The summed E-state index contributed by atoms with van der Waals surface area (Å²) in [5, 5.41) is 2.50. The van der Waals surface area contributed by atoms with E-state index in [4.69, 9.17) is 4.74 Å². The highest BCUT2D eigenvalue weighted by Gasteiger charge is 2.31. The van der Waals surface area contributed by atoms with Gasteiger partial charge in [0.05, 0.1) is 12.2 Å². The van der Waals surface area contributed by atoms with Crippen molar-refractivity contribution in [1.82, 2.24) is 4.90 Å². The largest absolute Gasteiger partial charge is 0.573 e. The van der Waals surface area contributed by atoms with Crippen LogP contribution >= 0.6 is 0 Å². The lowest BCUT2D eigenvalue weighted by atomic mass is 10.3. The van der Waals surface area contributed by atoms with Crippen LogP contribution < -0.4 is 10.1 Å². The molecule has 0 bridgehead atoms. The molecule has 1 saturated heterocycles. The van der Waals surface area contributed by atoms with Gasteiger partial charge in [-0.1, -0.05) is 20.3 Å². The van der Waals surface area contributed by atoms with Gasteiger partial charge in [-0.25, -0.2) is 4.79 Å². The maximum absolute atomic E-state index is 12.2. The van der Waals surface area contributed by atoms with Crippen molar-refractivity contribution in [3.63, 3.8) is 0 Å². The van der Waals surface area contributed by atoms with E-state index in [1.807, 2.05) is 19.3 Å². The molecule has 1 aliphatic heterocycles. The Kier molecular flexibility index (Phi) is 8.35. The number of anilines is 1. The fourth-order valence-corrected chi connectivity index (χ4v) is 2.74. The summed E-state index contributed by atoms with van der Waals surface area (Å²) >= 11 is 0. The highest BCUT2D eigenvalue weighted by molar-refractivity contribution is 5.84. The summed E-state index contributed by atoms with van der Waals surface area (Å²) in [4.78, 5) is 18.6. The Morgan fingerprint density at radius 3 is 2.66 bits per heavy atom. The fourth-order valence-electron chi connectivity index (χ4n) is 2.74. The van der Waals surface area contributed by atoms with Gasteiger partial charge in [0.15, 0.2) is 0 Å². The number of alkyl halides is 3. The second-order valence-electron chi connectivity index (χ2n) is 6.58. The Bertz CT molecular complexity index is 718. The van der Waals surface area contributed by atoms with Gasteiger partial charge < -0.3 is 14.4 Å². The average molecular weight is 413 g/mol. The molecule has 0 spiro atoms. The number of carbonyl (C=O) groups excluding carboxylic acids is 1. The van der Waals surface area contributed by atoms with Gasteiger partial charge in [0.25, 0.3) is 0 Å². The molecule has 1 amide bonds.